The first-order valence-electron chi connectivity index (χ1n) is 3.18. The summed E-state index contributed by atoms with van der Waals surface area (Å²) >= 11 is 0. The van der Waals surface area contributed by atoms with E-state index in [4.69, 9.17) is 0 Å². The smallest absolute Gasteiger partial charge is 3.00 e. The van der Waals surface area contributed by atoms with E-state index in [1.165, 1.54) is 12.1 Å². The van der Waals surface area contributed by atoms with E-state index in [0.29, 0.717) is 0 Å². The number of hydrogen-bond acceptors (Lipinski definition) is 3. The normalized spacial score (nSPS) is 12.0. The molecule has 5 heteroatoms. The van der Waals surface area contributed by atoms with Crippen molar-refractivity contribution in [3.8, 4) is 0 Å². The molecule has 0 atom stereocenters. The Morgan fingerprint density at radius 2 is 1.42 bits per heavy atom. The van der Waals surface area contributed by atoms with Gasteiger partial charge in [-0.2, -0.15) is 0 Å². The summed E-state index contributed by atoms with van der Waals surface area (Å²) in [4.78, 5) is 31.3. The maximum Gasteiger partial charge on any atom is 3.00 e. The minimum atomic E-state index is -4.81. The average molecular weight is 230 g/mol. The molecule has 0 heterocycles. The molecule has 1 aromatic carbocycles. The second-order valence-corrected chi connectivity index (χ2v) is 4.11. The fraction of sp³-hybridized carbons (Fsp3) is 0.143. The first kappa shape index (κ1) is 12.0. The van der Waals surface area contributed by atoms with Crippen molar-refractivity contribution in [2.75, 3.05) is 0 Å². The summed E-state index contributed by atoms with van der Waals surface area (Å²) in [5.74, 6) is 0. The van der Waals surface area contributed by atoms with Gasteiger partial charge < -0.3 is 0 Å². The summed E-state index contributed by atoms with van der Waals surface area (Å²) in [7, 11) is -4.81. The van der Waals surface area contributed by atoms with E-state index >= 15 is 0 Å². The molecule has 69 valence electrons. The molecule has 0 amide bonds. The molecule has 0 aliphatic rings. The predicted octanol–water partition coefficient (Wildman–Crippen LogP) is -1.81. The van der Waals surface area contributed by atoms with Crippen molar-refractivity contribution in [3.63, 3.8) is 0 Å². The van der Waals surface area contributed by atoms with E-state index in [2.05, 4.69) is 0 Å². The van der Waals surface area contributed by atoms with Crippen molar-refractivity contribution in [3.05, 3.63) is 29.8 Å². The standard InChI is InChI=1S/C7H8O3P.Ni/c1-6-2-4-7(5-3-6)11(8,9)10;/h2-5,11H,1H3;/q-3;+3. The van der Waals surface area contributed by atoms with Crippen LogP contribution in [0.5, 0.6) is 0 Å². The molecule has 1 radical (unpaired) electrons. The molecule has 0 bridgehead atoms. The van der Waals surface area contributed by atoms with Gasteiger partial charge in [-0.15, -0.1) is 0 Å². The Balaban J connectivity index is 0.00000121. The molecule has 1 aromatic rings. The zero-order valence-corrected chi connectivity index (χ0v) is 8.34. The van der Waals surface area contributed by atoms with Gasteiger partial charge in [-0.25, -0.2) is 0 Å². The fourth-order valence-electron chi connectivity index (χ4n) is 0.758. The molecule has 3 nitrogen and oxygen atoms in total. The minimum absolute atomic E-state index is 0. The summed E-state index contributed by atoms with van der Waals surface area (Å²) in [6, 6.07) is 5.86. The van der Waals surface area contributed by atoms with Crippen LogP contribution in [-0.4, -0.2) is 0 Å². The molecule has 0 aliphatic carbocycles. The molecule has 0 spiro atoms. The molecule has 0 N–H and O–H groups in total. The molecule has 0 aliphatic heterocycles. The summed E-state index contributed by atoms with van der Waals surface area (Å²) < 4.78 is 0. The molecule has 0 fully saturated rings. The van der Waals surface area contributed by atoms with E-state index in [1.54, 1.807) is 12.1 Å². The van der Waals surface area contributed by atoms with Gasteiger partial charge in [0.05, 0.1) is 0 Å². The van der Waals surface area contributed by atoms with Crippen LogP contribution in [0.15, 0.2) is 24.3 Å². The molecular weight excluding hydrogens is 222 g/mol. The predicted molar refractivity (Wildman–Crippen MR) is 39.1 cm³/mol. The van der Waals surface area contributed by atoms with Gasteiger partial charge >= 0.3 is 81.2 Å². The fourth-order valence-corrected chi connectivity index (χ4v) is 1.33. The van der Waals surface area contributed by atoms with Crippen molar-refractivity contribution in [2.45, 2.75) is 6.92 Å². The number of hydrogen-bond donors (Lipinski definition) is 0. The van der Waals surface area contributed by atoms with Crippen molar-refractivity contribution in [2.24, 2.45) is 0 Å². The van der Waals surface area contributed by atoms with E-state index < -0.39 is 7.94 Å². The Morgan fingerprint density at radius 3 is 1.75 bits per heavy atom. The van der Waals surface area contributed by atoms with Crippen LogP contribution in [0.25, 0.3) is 0 Å². The molecule has 0 unspecified atom stereocenters. The third-order valence-electron chi connectivity index (χ3n) is 1.41. The Bertz CT molecular complexity index is 242. The summed E-state index contributed by atoms with van der Waals surface area (Å²) in [6.07, 6.45) is 0. The molecule has 0 saturated heterocycles. The van der Waals surface area contributed by atoms with Gasteiger partial charge in [-0.3, -0.25) is 0 Å². The van der Waals surface area contributed by atoms with Crippen molar-refractivity contribution < 1.29 is 31.2 Å². The van der Waals surface area contributed by atoms with Crippen LogP contribution in [0.4, 0.5) is 0 Å². The maximum atomic E-state index is 10.4. The third-order valence-corrected chi connectivity index (χ3v) is 2.45. The average Bonchev–Trinajstić information content (AvgIpc) is 1.86. The minimum Gasteiger partial charge on any atom is 3.00 e. The number of benzene rings is 1. The molecule has 1 rings (SSSR count). The van der Waals surface area contributed by atoms with E-state index in [1.807, 2.05) is 6.92 Å². The number of aryl methyl sites for hydroxylation is 1. The largest absolute Gasteiger partial charge is 3.00 e. The van der Waals surface area contributed by atoms with E-state index in [-0.39, 0.29) is 21.8 Å². The van der Waals surface area contributed by atoms with Gasteiger partial charge in [0.15, 0.2) is 0 Å². The molecule has 12 heavy (non-hydrogen) atoms. The Kier molecular flexibility index (Phi) is 4.32. The van der Waals surface area contributed by atoms with Crippen molar-refractivity contribution in [1.29, 1.82) is 0 Å². The van der Waals surface area contributed by atoms with Crippen LogP contribution in [0.1, 0.15) is 5.56 Å². The van der Waals surface area contributed by atoms with E-state index in [9.17, 15) is 14.7 Å². The van der Waals surface area contributed by atoms with Crippen LogP contribution in [0, 0.1) is 6.92 Å². The summed E-state index contributed by atoms with van der Waals surface area (Å²) in [6.45, 7) is 1.83. The van der Waals surface area contributed by atoms with Gasteiger partial charge in [0, 0.05) is 0 Å². The quantitative estimate of drug-likeness (QED) is 0.421. The molecule has 0 aromatic heterocycles. The first-order chi connectivity index (χ1) is 5.00. The van der Waals surface area contributed by atoms with Crippen molar-refractivity contribution in [1.82, 2.24) is 0 Å². The van der Waals surface area contributed by atoms with Crippen LogP contribution in [0.2, 0.25) is 0 Å². The second-order valence-electron chi connectivity index (χ2n) is 2.42. The van der Waals surface area contributed by atoms with Crippen LogP contribution >= 0.6 is 7.94 Å². The Hall–Kier alpha value is 0.0235. The van der Waals surface area contributed by atoms with Crippen LogP contribution < -0.4 is 20.0 Å². The third kappa shape index (κ3) is 3.18. The monoisotopic (exact) mass is 229 g/mol. The Labute approximate surface area is 81.6 Å². The van der Waals surface area contributed by atoms with Gasteiger partial charge in [-0.1, -0.05) is 0 Å². The first-order valence-corrected chi connectivity index (χ1v) is 4.91. The van der Waals surface area contributed by atoms with Gasteiger partial charge in [0.25, 0.3) is 0 Å². The summed E-state index contributed by atoms with van der Waals surface area (Å²) in [5, 5.41) is -0.122. The topological polar surface area (TPSA) is 69.2 Å². The van der Waals surface area contributed by atoms with Crippen LogP contribution in [0.3, 0.4) is 0 Å². The zero-order chi connectivity index (χ0) is 8.48. The van der Waals surface area contributed by atoms with Crippen LogP contribution in [-0.2, 0) is 16.5 Å². The second kappa shape index (κ2) is 4.31. The Morgan fingerprint density at radius 1 is 1.00 bits per heavy atom. The van der Waals surface area contributed by atoms with Gasteiger partial charge in [-0.05, 0) is 0 Å². The van der Waals surface area contributed by atoms with Crippen molar-refractivity contribution >= 4 is 13.2 Å². The molecule has 0 saturated carbocycles. The van der Waals surface area contributed by atoms with Gasteiger partial charge in [0.2, 0.25) is 0 Å². The van der Waals surface area contributed by atoms with E-state index in [0.717, 1.165) is 5.56 Å². The number of rotatable bonds is 1. The van der Waals surface area contributed by atoms with Gasteiger partial charge in [0.1, 0.15) is 0 Å². The zero-order valence-electron chi connectivity index (χ0n) is 6.35. The SMILES string of the molecule is Cc1ccc([PH]([O-])([O-])[O-])cc1.[Ni+3]. The maximum absolute atomic E-state index is 10.4. The summed E-state index contributed by atoms with van der Waals surface area (Å²) in [5.41, 5.74) is 0.937. The molecular formula is C7H8NiO3P.